The van der Waals surface area contributed by atoms with Gasteiger partial charge >= 0.3 is 0 Å². The van der Waals surface area contributed by atoms with Gasteiger partial charge in [0.25, 0.3) is 5.91 Å². The molecule has 10 heteroatoms. The average Bonchev–Trinajstić information content (AvgIpc) is 3.35. The predicted molar refractivity (Wildman–Crippen MR) is 108 cm³/mol. The number of rotatable bonds is 6. The summed E-state index contributed by atoms with van der Waals surface area (Å²) in [4.78, 5) is 13.5. The fraction of sp³-hybridized carbons (Fsp3) is 0.158. The number of amides is 1. The van der Waals surface area contributed by atoms with Crippen LogP contribution in [-0.4, -0.2) is 47.0 Å². The van der Waals surface area contributed by atoms with E-state index in [1.807, 2.05) is 12.1 Å². The quantitative estimate of drug-likeness (QED) is 0.520. The molecule has 0 aliphatic carbocycles. The first-order chi connectivity index (χ1) is 14.1. The maximum Gasteiger partial charge on any atom is 0.255 e. The number of benzene rings is 2. The van der Waals surface area contributed by atoms with Crippen molar-refractivity contribution in [1.82, 2.24) is 19.8 Å². The molecular formula is C19H17N5O4S. The first kappa shape index (κ1) is 18.7. The number of carbonyl (C=O) groups is 1. The second kappa shape index (κ2) is 7.76. The smallest absolute Gasteiger partial charge is 0.255 e. The van der Waals surface area contributed by atoms with Gasteiger partial charge in [-0.2, -0.15) is 9.61 Å². The average molecular weight is 411 g/mol. The van der Waals surface area contributed by atoms with Crippen LogP contribution in [0.2, 0.25) is 0 Å². The Balaban J connectivity index is 1.65. The molecule has 1 N–H and O–H groups in total. The standard InChI is InChI=1S/C19H17N5O4S/c1-26-14-6-5-12(18-23-24-10-20-22-19(24)29-18)8-13(14)21-17(25)11-4-7-15(27-2)16(9-11)28-3/h4-10H,1-3H3,(H,21,25). The normalized spacial score (nSPS) is 10.7. The van der Waals surface area contributed by atoms with Crippen molar-refractivity contribution in [2.75, 3.05) is 26.6 Å². The molecule has 4 aromatic rings. The van der Waals surface area contributed by atoms with Crippen LogP contribution in [0, 0.1) is 0 Å². The Morgan fingerprint density at radius 3 is 2.48 bits per heavy atom. The number of fused-ring (bicyclic) bond motifs is 1. The molecule has 0 spiro atoms. The maximum absolute atomic E-state index is 12.8. The Morgan fingerprint density at radius 1 is 1.00 bits per heavy atom. The van der Waals surface area contributed by atoms with Crippen LogP contribution < -0.4 is 19.5 Å². The zero-order valence-corrected chi connectivity index (χ0v) is 16.7. The molecule has 0 unspecified atom stereocenters. The monoisotopic (exact) mass is 411 g/mol. The van der Waals surface area contributed by atoms with Crippen molar-refractivity contribution in [2.24, 2.45) is 0 Å². The van der Waals surface area contributed by atoms with Crippen LogP contribution >= 0.6 is 11.3 Å². The molecule has 0 aliphatic rings. The van der Waals surface area contributed by atoms with E-state index in [9.17, 15) is 4.79 Å². The first-order valence-electron chi connectivity index (χ1n) is 8.51. The van der Waals surface area contributed by atoms with Gasteiger partial charge in [0.15, 0.2) is 11.5 Å². The highest BCUT2D eigenvalue weighted by atomic mass is 32.1. The molecule has 2 aromatic carbocycles. The highest BCUT2D eigenvalue weighted by molar-refractivity contribution is 7.19. The van der Waals surface area contributed by atoms with Gasteiger partial charge in [0, 0.05) is 11.1 Å². The first-order valence-corrected chi connectivity index (χ1v) is 9.33. The summed E-state index contributed by atoms with van der Waals surface area (Å²) in [6.07, 6.45) is 1.54. The third kappa shape index (κ3) is 3.57. The Kier molecular flexibility index (Phi) is 5.00. The molecule has 0 bridgehead atoms. The van der Waals surface area contributed by atoms with Crippen molar-refractivity contribution in [3.05, 3.63) is 48.3 Å². The van der Waals surface area contributed by atoms with Gasteiger partial charge in [0.05, 0.1) is 27.0 Å². The summed E-state index contributed by atoms with van der Waals surface area (Å²) in [7, 11) is 4.61. The van der Waals surface area contributed by atoms with Gasteiger partial charge in [-0.05, 0) is 36.4 Å². The maximum atomic E-state index is 12.8. The van der Waals surface area contributed by atoms with E-state index in [0.29, 0.717) is 33.5 Å². The second-order valence-corrected chi connectivity index (χ2v) is 6.86. The number of carbonyl (C=O) groups excluding carboxylic acids is 1. The van der Waals surface area contributed by atoms with E-state index in [2.05, 4.69) is 20.6 Å². The van der Waals surface area contributed by atoms with Crippen LogP contribution in [0.1, 0.15) is 10.4 Å². The Hall–Kier alpha value is -3.66. The molecule has 0 saturated carbocycles. The lowest BCUT2D eigenvalue weighted by Gasteiger charge is -2.13. The lowest BCUT2D eigenvalue weighted by Crippen LogP contribution is -2.13. The molecule has 0 fully saturated rings. The van der Waals surface area contributed by atoms with Crippen LogP contribution in [0.15, 0.2) is 42.7 Å². The van der Waals surface area contributed by atoms with Crippen molar-refractivity contribution in [2.45, 2.75) is 0 Å². The topological polar surface area (TPSA) is 99.9 Å². The zero-order valence-electron chi connectivity index (χ0n) is 15.9. The summed E-state index contributed by atoms with van der Waals surface area (Å²) in [5.41, 5.74) is 1.77. The summed E-state index contributed by atoms with van der Waals surface area (Å²) >= 11 is 1.40. The van der Waals surface area contributed by atoms with Gasteiger partial charge in [0.1, 0.15) is 17.1 Å². The van der Waals surface area contributed by atoms with Gasteiger partial charge in [-0.25, -0.2) is 0 Å². The van der Waals surface area contributed by atoms with Crippen molar-refractivity contribution in [3.8, 4) is 27.8 Å². The highest BCUT2D eigenvalue weighted by Crippen LogP contribution is 2.33. The van der Waals surface area contributed by atoms with E-state index in [4.69, 9.17) is 14.2 Å². The molecule has 0 atom stereocenters. The van der Waals surface area contributed by atoms with Crippen molar-refractivity contribution >= 4 is 27.9 Å². The van der Waals surface area contributed by atoms with E-state index in [-0.39, 0.29) is 5.91 Å². The van der Waals surface area contributed by atoms with E-state index in [1.54, 1.807) is 49.3 Å². The largest absolute Gasteiger partial charge is 0.495 e. The van der Waals surface area contributed by atoms with E-state index < -0.39 is 0 Å². The van der Waals surface area contributed by atoms with Crippen LogP contribution in [0.4, 0.5) is 5.69 Å². The van der Waals surface area contributed by atoms with Gasteiger partial charge in [-0.15, -0.1) is 10.2 Å². The summed E-state index contributed by atoms with van der Waals surface area (Å²) in [6, 6.07) is 10.4. The fourth-order valence-electron chi connectivity index (χ4n) is 2.79. The summed E-state index contributed by atoms with van der Waals surface area (Å²) < 4.78 is 17.5. The number of hydrogen-bond acceptors (Lipinski definition) is 8. The highest BCUT2D eigenvalue weighted by Gasteiger charge is 2.15. The van der Waals surface area contributed by atoms with E-state index >= 15 is 0 Å². The van der Waals surface area contributed by atoms with Gasteiger partial charge in [-0.3, -0.25) is 4.79 Å². The molecule has 9 nitrogen and oxygen atoms in total. The summed E-state index contributed by atoms with van der Waals surface area (Å²) in [5.74, 6) is 1.25. The van der Waals surface area contributed by atoms with Gasteiger partial charge in [0.2, 0.25) is 4.96 Å². The number of nitrogens with zero attached hydrogens (tertiary/aromatic N) is 4. The molecule has 0 radical (unpaired) electrons. The summed E-state index contributed by atoms with van der Waals surface area (Å²) in [6.45, 7) is 0. The number of methoxy groups -OCH3 is 3. The number of hydrogen-bond donors (Lipinski definition) is 1. The molecule has 1 amide bonds. The predicted octanol–water partition coefficient (Wildman–Crippen LogP) is 3.13. The van der Waals surface area contributed by atoms with Crippen molar-refractivity contribution in [1.29, 1.82) is 0 Å². The van der Waals surface area contributed by atoms with Crippen molar-refractivity contribution < 1.29 is 19.0 Å². The minimum absolute atomic E-state index is 0.306. The van der Waals surface area contributed by atoms with Crippen molar-refractivity contribution in [3.63, 3.8) is 0 Å². The molecule has 0 saturated heterocycles. The molecule has 0 aliphatic heterocycles. The molecule has 4 rings (SSSR count). The van der Waals surface area contributed by atoms with Crippen LogP contribution in [0.3, 0.4) is 0 Å². The number of ether oxygens (including phenoxy) is 3. The lowest BCUT2D eigenvalue weighted by atomic mass is 10.1. The zero-order chi connectivity index (χ0) is 20.4. The minimum atomic E-state index is -0.306. The molecule has 2 heterocycles. The van der Waals surface area contributed by atoms with E-state index in [0.717, 1.165) is 10.6 Å². The van der Waals surface area contributed by atoms with Crippen LogP contribution in [0.25, 0.3) is 15.5 Å². The van der Waals surface area contributed by atoms with Crippen LogP contribution in [-0.2, 0) is 0 Å². The SMILES string of the molecule is COc1ccc(-c2nn3cnnc3s2)cc1NC(=O)c1ccc(OC)c(OC)c1. The Labute approximate surface area is 169 Å². The lowest BCUT2D eigenvalue weighted by molar-refractivity contribution is 0.102. The minimum Gasteiger partial charge on any atom is -0.495 e. The Bertz CT molecular complexity index is 1160. The Morgan fingerprint density at radius 2 is 1.76 bits per heavy atom. The third-order valence-electron chi connectivity index (χ3n) is 4.23. The molecular weight excluding hydrogens is 394 g/mol. The molecule has 148 valence electrons. The number of aromatic nitrogens is 4. The third-order valence-corrected chi connectivity index (χ3v) is 5.19. The second-order valence-electron chi connectivity index (χ2n) is 5.90. The van der Waals surface area contributed by atoms with Crippen LogP contribution in [0.5, 0.6) is 17.2 Å². The van der Waals surface area contributed by atoms with E-state index in [1.165, 1.54) is 18.4 Å². The fourth-order valence-corrected chi connectivity index (χ4v) is 3.60. The van der Waals surface area contributed by atoms with Gasteiger partial charge in [-0.1, -0.05) is 11.3 Å². The molecule has 2 aromatic heterocycles. The number of anilines is 1. The molecule has 29 heavy (non-hydrogen) atoms. The number of nitrogens with one attached hydrogen (secondary N) is 1. The summed E-state index contributed by atoms with van der Waals surface area (Å²) in [5, 5.41) is 15.9. The van der Waals surface area contributed by atoms with Gasteiger partial charge < -0.3 is 19.5 Å².